The molecule has 3 fully saturated rings. The number of benzene rings is 6. The van der Waals surface area contributed by atoms with Gasteiger partial charge in [0.25, 0.3) is 0 Å². The van der Waals surface area contributed by atoms with Crippen LogP contribution in [0.5, 0.6) is 23.0 Å². The fourth-order valence-electron chi connectivity index (χ4n) is 12.6. The van der Waals surface area contributed by atoms with Crippen LogP contribution in [0.3, 0.4) is 0 Å². The fourth-order valence-corrected chi connectivity index (χ4v) is 16.4. The van der Waals surface area contributed by atoms with Gasteiger partial charge in [0.05, 0.1) is 35.2 Å². The van der Waals surface area contributed by atoms with E-state index in [0.29, 0.717) is 58.4 Å². The van der Waals surface area contributed by atoms with Crippen LogP contribution in [-0.2, 0) is 131 Å². The molecule has 610 valence electrons. The summed E-state index contributed by atoms with van der Waals surface area (Å²) in [7, 11) is 0.348. The monoisotopic (exact) mass is 1620 g/mol. The summed E-state index contributed by atoms with van der Waals surface area (Å²) in [6.07, 6.45) is -6.80. The standard InChI is InChI=1S/C33H31F4O8S2.C28H34O9.C21H28O8/c1-15-16(2)32(43-19(5)40)33(45-27(15)14-42-18(4)39)44-26-7-6-21(8-20(26)13-41-17(3)38)47-30-11-24(36)22(34)9-28(30)46-29-10-23(35)25(37)12-31(29)47;1-16-17(2)27(35-20(5)31)28(37-26(16)15-34-19(4)30)36-25-11-10-22(12-23(25)14-33-18(3)29)21-8-7-9-24(13-21)32-6;1-12-13(2)20(27-16(5)24)21(29-19(12)11-26-15(4)23)28-18-9-7-6-8-17(18)10-25-14(3)22/h6-12,15-16,27,32-33H,13-14H2,1-5H3;7-13,16-17,26-28H,14-15H2,1-6H3;6-9,12-13,19-21H,10-11H2,1-5H3/q+1;;. The summed E-state index contributed by atoms with van der Waals surface area (Å²) in [5.41, 5.74) is 3.35. The molecule has 4 heterocycles. The van der Waals surface area contributed by atoms with E-state index < -0.39 is 143 Å². The van der Waals surface area contributed by atoms with Crippen molar-refractivity contribution in [1.29, 1.82) is 0 Å². The van der Waals surface area contributed by atoms with Gasteiger partial charge in [-0.15, -0.1) is 0 Å². The number of esters is 9. The van der Waals surface area contributed by atoms with Gasteiger partial charge in [0.15, 0.2) is 56.3 Å². The highest BCUT2D eigenvalue weighted by atomic mass is 32.2. The molecule has 0 saturated carbocycles. The molecular formula is C82H93F4O25S2+. The number of carbonyl (C=O) groups is 9. The lowest BCUT2D eigenvalue weighted by Crippen LogP contribution is -2.54. The number of hydrogen-bond donors (Lipinski definition) is 0. The summed E-state index contributed by atoms with van der Waals surface area (Å²) in [5, 5.41) is 0. The van der Waals surface area contributed by atoms with Gasteiger partial charge in [-0.25, -0.2) is 17.6 Å². The van der Waals surface area contributed by atoms with E-state index >= 15 is 0 Å². The quantitative estimate of drug-likeness (QED) is 0.0235. The number of fused-ring (bicyclic) bond motifs is 2. The fraction of sp³-hybridized carbons (Fsp3) is 0.451. The number of para-hydroxylation sites is 1. The zero-order valence-corrected chi connectivity index (χ0v) is 67.0. The average Bonchev–Trinajstić information content (AvgIpc) is 0.745. The Balaban J connectivity index is 0.000000219. The van der Waals surface area contributed by atoms with Gasteiger partial charge in [-0.2, -0.15) is 0 Å². The maximum atomic E-state index is 14.6. The Morgan fingerprint density at radius 1 is 0.372 bits per heavy atom. The third-order valence-electron chi connectivity index (χ3n) is 19.2. The van der Waals surface area contributed by atoms with Gasteiger partial charge in [0.1, 0.15) is 73.5 Å². The van der Waals surface area contributed by atoms with Gasteiger partial charge in [0.2, 0.25) is 18.9 Å². The highest BCUT2D eigenvalue weighted by Gasteiger charge is 2.49. The van der Waals surface area contributed by atoms with Crippen molar-refractivity contribution in [1.82, 2.24) is 0 Å². The molecule has 3 saturated heterocycles. The Morgan fingerprint density at radius 3 is 1.12 bits per heavy atom. The minimum atomic E-state index is -1.25. The van der Waals surface area contributed by atoms with Crippen LogP contribution >= 0.6 is 11.8 Å². The van der Waals surface area contributed by atoms with Gasteiger partial charge in [0, 0.05) is 115 Å². The molecule has 4 aliphatic rings. The van der Waals surface area contributed by atoms with Gasteiger partial charge in [-0.3, -0.25) is 43.2 Å². The van der Waals surface area contributed by atoms with Crippen LogP contribution in [0.25, 0.3) is 11.1 Å². The molecule has 0 N–H and O–H groups in total. The highest BCUT2D eigenvalue weighted by Crippen LogP contribution is 2.51. The normalized spacial score (nSPS) is 23.5. The van der Waals surface area contributed by atoms with E-state index in [1.807, 2.05) is 77.9 Å². The molecule has 6 aromatic carbocycles. The van der Waals surface area contributed by atoms with Crippen molar-refractivity contribution in [3.8, 4) is 34.1 Å². The minimum absolute atomic E-state index is 0.0315. The van der Waals surface area contributed by atoms with Crippen LogP contribution in [0.2, 0.25) is 0 Å². The van der Waals surface area contributed by atoms with Crippen LogP contribution in [-0.4, -0.2) is 136 Å². The molecule has 15 atom stereocenters. The number of ether oxygens (including phenoxy) is 16. The molecule has 0 spiro atoms. The van der Waals surface area contributed by atoms with Gasteiger partial charge >= 0.3 is 53.7 Å². The van der Waals surface area contributed by atoms with Gasteiger partial charge < -0.3 is 75.8 Å². The summed E-state index contributed by atoms with van der Waals surface area (Å²) >= 11 is 0.993. The second-order valence-electron chi connectivity index (χ2n) is 27.4. The van der Waals surface area contributed by atoms with Crippen molar-refractivity contribution in [3.63, 3.8) is 0 Å². The van der Waals surface area contributed by atoms with E-state index in [-0.39, 0.29) is 80.9 Å². The lowest BCUT2D eigenvalue weighted by molar-refractivity contribution is -0.253. The topological polar surface area (TPSA) is 301 Å². The smallest absolute Gasteiger partial charge is 0.303 e. The summed E-state index contributed by atoms with van der Waals surface area (Å²) in [5.74, 6) is -7.79. The number of hydrogen-bond acceptors (Lipinski definition) is 26. The second-order valence-corrected chi connectivity index (χ2v) is 30.4. The van der Waals surface area contributed by atoms with Crippen LogP contribution in [0.15, 0.2) is 134 Å². The maximum Gasteiger partial charge on any atom is 0.303 e. The number of methoxy groups -OCH3 is 1. The van der Waals surface area contributed by atoms with Crippen LogP contribution in [0.4, 0.5) is 17.6 Å². The number of halogens is 4. The third kappa shape index (κ3) is 24.3. The molecule has 0 amide bonds. The van der Waals surface area contributed by atoms with Crippen LogP contribution < -0.4 is 18.9 Å². The maximum absolute atomic E-state index is 14.6. The molecule has 6 aromatic rings. The van der Waals surface area contributed by atoms with Crippen LogP contribution in [0.1, 0.15) is 121 Å². The van der Waals surface area contributed by atoms with E-state index in [4.69, 9.17) is 75.8 Å². The van der Waals surface area contributed by atoms with Crippen molar-refractivity contribution in [3.05, 3.63) is 149 Å². The molecule has 15 unspecified atom stereocenters. The first kappa shape index (κ1) is 88.6. The molecule has 10 rings (SSSR count). The first-order valence-corrected chi connectivity index (χ1v) is 38.2. The zero-order valence-electron chi connectivity index (χ0n) is 65.3. The lowest BCUT2D eigenvalue weighted by atomic mass is 9.83. The summed E-state index contributed by atoms with van der Waals surface area (Å²) in [4.78, 5) is 106. The Morgan fingerprint density at radius 2 is 0.726 bits per heavy atom. The average molecular weight is 1620 g/mol. The number of rotatable bonds is 24. The Kier molecular flexibility index (Phi) is 31.9. The molecule has 0 aliphatic carbocycles. The van der Waals surface area contributed by atoms with E-state index in [1.165, 1.54) is 62.3 Å². The van der Waals surface area contributed by atoms with E-state index in [9.17, 15) is 60.7 Å². The first-order chi connectivity index (χ1) is 53.5. The highest BCUT2D eigenvalue weighted by molar-refractivity contribution is 8.04. The summed E-state index contributed by atoms with van der Waals surface area (Å²) in [6, 6.07) is 29.0. The second kappa shape index (κ2) is 40.7. The molecule has 113 heavy (non-hydrogen) atoms. The summed E-state index contributed by atoms with van der Waals surface area (Å²) in [6.45, 7) is 23.0. The third-order valence-corrected chi connectivity index (χ3v) is 22.8. The Hall–Kier alpha value is -9.95. The largest absolute Gasteiger partial charge is 0.497 e. The van der Waals surface area contributed by atoms with E-state index in [0.717, 1.165) is 47.2 Å². The van der Waals surface area contributed by atoms with Crippen molar-refractivity contribution in [2.75, 3.05) is 26.9 Å². The molecule has 0 aromatic heterocycles. The minimum Gasteiger partial charge on any atom is -0.497 e. The van der Waals surface area contributed by atoms with Crippen LogP contribution in [0, 0.1) is 58.8 Å². The van der Waals surface area contributed by atoms with Crippen molar-refractivity contribution >= 4 is 76.4 Å². The number of carbonyl (C=O) groups excluding carboxylic acids is 9. The molecule has 31 heteroatoms. The SMILES string of the molecule is CC(=O)OCc1cc([S+]2c3cc(F)c(F)cc3Sc3cc(F)c(F)cc32)ccc1OC1OC(COC(C)=O)C(C)C(C)C1OC(C)=O.CC(=O)OCc1ccccc1OC1OC(COC(C)=O)C(C)C(C)C1OC(C)=O.COc1cccc(-c2ccc(OC3OC(COC(C)=O)C(C)C(C)C3OC(C)=O)c(COC(C)=O)c2)c1. The zero-order chi connectivity index (χ0) is 82.8. The molecule has 4 aliphatic heterocycles. The molecular weight excluding hydrogens is 1530 g/mol. The first-order valence-electron chi connectivity index (χ1n) is 36.2. The van der Waals surface area contributed by atoms with Crippen molar-refractivity contribution in [2.24, 2.45) is 35.5 Å². The molecule has 0 bridgehead atoms. The summed E-state index contributed by atoms with van der Waals surface area (Å²) < 4.78 is 148. The molecule has 25 nitrogen and oxygen atoms in total. The lowest BCUT2D eigenvalue weighted by Gasteiger charge is -2.43. The predicted molar refractivity (Wildman–Crippen MR) is 396 cm³/mol. The predicted octanol–water partition coefficient (Wildman–Crippen LogP) is 13.7. The van der Waals surface area contributed by atoms with Crippen molar-refractivity contribution in [2.45, 2.75) is 204 Å². The van der Waals surface area contributed by atoms with E-state index in [1.54, 1.807) is 55.6 Å². The Bertz CT molecular complexity index is 4340. The van der Waals surface area contributed by atoms with E-state index in [2.05, 4.69) is 0 Å². The van der Waals surface area contributed by atoms with Crippen molar-refractivity contribution < 1.29 is 137 Å². The van der Waals surface area contributed by atoms with Gasteiger partial charge in [-0.05, 0) is 83.5 Å². The van der Waals surface area contributed by atoms with Gasteiger partial charge in [-0.1, -0.05) is 89.7 Å². The molecule has 0 radical (unpaired) electrons. The Labute approximate surface area is 659 Å².